The summed E-state index contributed by atoms with van der Waals surface area (Å²) in [7, 11) is 0. The molecule has 0 saturated heterocycles. The quantitative estimate of drug-likeness (QED) is 0.473. The first-order valence-corrected chi connectivity index (χ1v) is 6.20. The van der Waals surface area contributed by atoms with Crippen molar-refractivity contribution in [3.8, 4) is 0 Å². The topological polar surface area (TPSA) is 48.8 Å². The van der Waals surface area contributed by atoms with Gasteiger partial charge in [-0.05, 0) is 12.1 Å². The van der Waals surface area contributed by atoms with Crippen LogP contribution in [0.3, 0.4) is 0 Å². The molecule has 2 rings (SSSR count). The second kappa shape index (κ2) is 4.37. The zero-order valence-corrected chi connectivity index (χ0v) is 10.9. The minimum absolute atomic E-state index is 0.212. The van der Waals surface area contributed by atoms with E-state index in [0.717, 1.165) is 10.2 Å². The minimum Gasteiger partial charge on any atom is -0.317 e. The second-order valence-corrected chi connectivity index (χ2v) is 6.30. The summed E-state index contributed by atoms with van der Waals surface area (Å²) in [5, 5.41) is 10.7. The van der Waals surface area contributed by atoms with Crippen LogP contribution in [0, 0.1) is 5.41 Å². The number of aromatic nitrogens is 1. The number of hydrogen-bond acceptors (Lipinski definition) is 3. The molecule has 0 spiro atoms. The molecule has 0 aliphatic heterocycles. The molecule has 0 atom stereocenters. The molecule has 84 valence electrons. The van der Waals surface area contributed by atoms with Crippen molar-refractivity contribution in [3.05, 3.63) is 24.3 Å². The molecule has 7 heteroatoms. The highest BCUT2D eigenvalue weighted by Crippen LogP contribution is 2.30. The molecular weight excluding hydrogens is 289 g/mol. The summed E-state index contributed by atoms with van der Waals surface area (Å²) < 4.78 is -0.736. The number of anilines is 1. The lowest BCUT2D eigenvalue weighted by Crippen LogP contribution is -2.26. The van der Waals surface area contributed by atoms with E-state index in [1.165, 1.54) is 11.3 Å². The number of alkyl halides is 3. The van der Waals surface area contributed by atoms with E-state index in [1.54, 1.807) is 0 Å². The maximum Gasteiger partial charge on any atom is 0.247 e. The summed E-state index contributed by atoms with van der Waals surface area (Å²) in [5.41, 5.74) is 0.854. The highest BCUT2D eigenvalue weighted by molar-refractivity contribution is 7.22. The molecule has 1 heterocycles. The van der Waals surface area contributed by atoms with E-state index >= 15 is 0 Å². The van der Waals surface area contributed by atoms with Crippen LogP contribution in [0.2, 0.25) is 0 Å². The zero-order chi connectivity index (χ0) is 11.8. The number of rotatable bonds is 1. The first-order valence-electron chi connectivity index (χ1n) is 4.25. The Hall–Kier alpha value is -0.550. The van der Waals surface area contributed by atoms with Gasteiger partial charge in [0.05, 0.1) is 10.2 Å². The van der Waals surface area contributed by atoms with Crippen LogP contribution in [-0.2, 0) is 0 Å². The summed E-state index contributed by atoms with van der Waals surface area (Å²) >= 11 is 18.1. The number of nitrogens with zero attached hydrogens (tertiary/aromatic N) is 1. The van der Waals surface area contributed by atoms with Crippen LogP contribution < -0.4 is 5.32 Å². The Morgan fingerprint density at radius 3 is 2.62 bits per heavy atom. The van der Waals surface area contributed by atoms with E-state index in [4.69, 9.17) is 40.2 Å². The molecule has 16 heavy (non-hydrogen) atoms. The summed E-state index contributed by atoms with van der Waals surface area (Å²) in [5.74, 6) is -0.212. The van der Waals surface area contributed by atoms with Crippen molar-refractivity contribution in [2.45, 2.75) is 3.79 Å². The molecular formula is C9H6Cl3N3S. The number of benzene rings is 1. The highest BCUT2D eigenvalue weighted by atomic mass is 35.6. The average Bonchev–Trinajstić information content (AvgIpc) is 2.58. The number of para-hydroxylation sites is 1. The minimum atomic E-state index is -1.75. The van der Waals surface area contributed by atoms with Gasteiger partial charge in [-0.2, -0.15) is 0 Å². The van der Waals surface area contributed by atoms with Crippen LogP contribution in [0.5, 0.6) is 0 Å². The largest absolute Gasteiger partial charge is 0.317 e. The third-order valence-corrected chi connectivity index (χ3v) is 3.33. The van der Waals surface area contributed by atoms with Crippen molar-refractivity contribution < 1.29 is 0 Å². The Balaban J connectivity index is 2.25. The number of fused-ring (bicyclic) bond motifs is 1. The number of thiazole rings is 1. The smallest absolute Gasteiger partial charge is 0.247 e. The van der Waals surface area contributed by atoms with Crippen LogP contribution in [0.25, 0.3) is 10.2 Å². The molecule has 3 nitrogen and oxygen atoms in total. The molecule has 1 aromatic heterocycles. The fraction of sp³-hybridized carbons (Fsp3) is 0.111. The molecule has 0 fully saturated rings. The summed E-state index contributed by atoms with van der Waals surface area (Å²) in [4.78, 5) is 4.26. The van der Waals surface area contributed by atoms with Gasteiger partial charge in [-0.1, -0.05) is 58.3 Å². The molecule has 0 radical (unpaired) electrons. The van der Waals surface area contributed by atoms with Gasteiger partial charge in [0.25, 0.3) is 0 Å². The van der Waals surface area contributed by atoms with E-state index in [9.17, 15) is 0 Å². The van der Waals surface area contributed by atoms with Gasteiger partial charge in [-0.25, -0.2) is 4.98 Å². The zero-order valence-electron chi connectivity index (χ0n) is 7.80. The lowest BCUT2D eigenvalue weighted by Gasteiger charge is -2.11. The summed E-state index contributed by atoms with van der Waals surface area (Å²) in [6, 6.07) is 7.64. The van der Waals surface area contributed by atoms with Crippen LogP contribution in [0.4, 0.5) is 5.13 Å². The molecule has 2 aromatic rings. The monoisotopic (exact) mass is 293 g/mol. The van der Waals surface area contributed by atoms with E-state index in [1.807, 2.05) is 24.3 Å². The van der Waals surface area contributed by atoms with Gasteiger partial charge in [-0.15, -0.1) is 0 Å². The van der Waals surface area contributed by atoms with Crippen LogP contribution >= 0.6 is 46.1 Å². The van der Waals surface area contributed by atoms with Gasteiger partial charge >= 0.3 is 0 Å². The first-order chi connectivity index (χ1) is 7.47. The third-order valence-electron chi connectivity index (χ3n) is 1.81. The maximum absolute atomic E-state index is 7.51. The SMILES string of the molecule is N=C(Nc1nc2ccccc2s1)C(Cl)(Cl)Cl. The summed E-state index contributed by atoms with van der Waals surface area (Å²) in [6.45, 7) is 0. The summed E-state index contributed by atoms with van der Waals surface area (Å²) in [6.07, 6.45) is 0. The predicted molar refractivity (Wildman–Crippen MR) is 71.3 cm³/mol. The number of halogens is 3. The molecule has 0 saturated carbocycles. The van der Waals surface area contributed by atoms with Crippen molar-refractivity contribution in [1.82, 2.24) is 4.98 Å². The van der Waals surface area contributed by atoms with Crippen molar-refractivity contribution in [3.63, 3.8) is 0 Å². The maximum atomic E-state index is 7.51. The number of hydrogen-bond donors (Lipinski definition) is 2. The predicted octanol–water partition coefficient (Wildman–Crippen LogP) is 4.06. The van der Waals surface area contributed by atoms with E-state index in [0.29, 0.717) is 5.13 Å². The number of amidine groups is 1. The normalized spacial score (nSPS) is 11.7. The highest BCUT2D eigenvalue weighted by Gasteiger charge is 2.27. The Morgan fingerprint density at radius 1 is 1.31 bits per heavy atom. The van der Waals surface area contributed by atoms with Crippen LogP contribution in [0.15, 0.2) is 24.3 Å². The van der Waals surface area contributed by atoms with Crippen LogP contribution in [-0.4, -0.2) is 14.6 Å². The Labute approximate surface area is 111 Å². The first kappa shape index (κ1) is 11.9. The molecule has 0 aliphatic carbocycles. The average molecular weight is 295 g/mol. The fourth-order valence-corrected chi connectivity index (χ4v) is 2.12. The van der Waals surface area contributed by atoms with Gasteiger partial charge in [0.1, 0.15) is 0 Å². The molecule has 0 unspecified atom stereocenters. The van der Waals surface area contributed by atoms with E-state index in [-0.39, 0.29) is 5.84 Å². The molecule has 0 aliphatic rings. The van der Waals surface area contributed by atoms with Crippen molar-refractivity contribution in [2.24, 2.45) is 0 Å². The van der Waals surface area contributed by atoms with Crippen LogP contribution in [0.1, 0.15) is 0 Å². The fourth-order valence-electron chi connectivity index (χ4n) is 1.10. The molecule has 0 amide bonds. The van der Waals surface area contributed by atoms with Gasteiger partial charge in [0.2, 0.25) is 3.79 Å². The van der Waals surface area contributed by atoms with Gasteiger partial charge in [0.15, 0.2) is 11.0 Å². The Morgan fingerprint density at radius 2 is 2.00 bits per heavy atom. The van der Waals surface area contributed by atoms with Gasteiger partial charge < -0.3 is 5.32 Å². The lowest BCUT2D eigenvalue weighted by molar-refractivity contribution is 1.35. The van der Waals surface area contributed by atoms with Crippen molar-refractivity contribution in [1.29, 1.82) is 5.41 Å². The molecule has 2 N–H and O–H groups in total. The lowest BCUT2D eigenvalue weighted by atomic mass is 10.3. The Bertz CT molecular complexity index is 499. The van der Waals surface area contributed by atoms with Crippen molar-refractivity contribution >= 4 is 67.3 Å². The van der Waals surface area contributed by atoms with E-state index in [2.05, 4.69) is 10.3 Å². The Kier molecular flexibility index (Phi) is 3.26. The van der Waals surface area contributed by atoms with Crippen molar-refractivity contribution in [2.75, 3.05) is 5.32 Å². The van der Waals surface area contributed by atoms with E-state index < -0.39 is 3.79 Å². The molecule has 1 aromatic carbocycles. The van der Waals surface area contributed by atoms with Gasteiger partial charge in [-0.3, -0.25) is 5.41 Å². The molecule has 0 bridgehead atoms. The second-order valence-electron chi connectivity index (χ2n) is 2.98. The van der Waals surface area contributed by atoms with Gasteiger partial charge in [0, 0.05) is 0 Å². The standard InChI is InChI=1S/C9H6Cl3N3S/c10-9(11,12)7(13)15-8-14-5-3-1-2-4-6(5)16-8/h1-4H,(H2,13,14,15). The third kappa shape index (κ3) is 2.58. The number of nitrogens with one attached hydrogen (secondary N) is 2.